The molecule has 2 heterocycles. The number of amides is 2. The van der Waals surface area contributed by atoms with Crippen LogP contribution in [0.25, 0.3) is 0 Å². The molecule has 11 heteroatoms. The summed E-state index contributed by atoms with van der Waals surface area (Å²) in [5, 5.41) is 16.3. The standard InChI is InChI=1S/C25H26F3N3O4S/c1-36-13-10-24(23(34)35)19-18(20(30-24)15-6-5-7-16(14-15)25(26,27)28)21(32)31(22(19)33)12-11-29-17-8-3-2-4-9-17/h2-9,14,18-20,29-30H,10-13H2,1H3,(H,34,35). The van der Waals surface area contributed by atoms with Crippen molar-refractivity contribution < 1.29 is 32.7 Å². The lowest BCUT2D eigenvalue weighted by atomic mass is 9.78. The van der Waals surface area contributed by atoms with E-state index in [0.29, 0.717) is 5.75 Å². The van der Waals surface area contributed by atoms with Crippen LogP contribution in [0.4, 0.5) is 18.9 Å². The molecule has 2 amide bonds. The lowest BCUT2D eigenvalue weighted by Gasteiger charge is -2.31. The van der Waals surface area contributed by atoms with E-state index < -0.39 is 52.9 Å². The lowest BCUT2D eigenvalue weighted by Crippen LogP contribution is -2.56. The molecule has 36 heavy (non-hydrogen) atoms. The van der Waals surface area contributed by atoms with Gasteiger partial charge in [0.25, 0.3) is 0 Å². The first kappa shape index (κ1) is 26.0. The lowest BCUT2D eigenvalue weighted by molar-refractivity contribution is -0.151. The highest BCUT2D eigenvalue weighted by atomic mass is 32.2. The van der Waals surface area contributed by atoms with Crippen molar-refractivity contribution in [2.45, 2.75) is 24.2 Å². The minimum atomic E-state index is -4.61. The highest BCUT2D eigenvalue weighted by molar-refractivity contribution is 7.98. The quantitative estimate of drug-likeness (QED) is 0.434. The fourth-order valence-corrected chi connectivity index (χ4v) is 5.67. The third kappa shape index (κ3) is 4.69. The average Bonchev–Trinajstić information content (AvgIpc) is 3.33. The van der Waals surface area contributed by atoms with Crippen LogP contribution < -0.4 is 10.6 Å². The number of rotatable bonds is 9. The molecule has 0 spiro atoms. The number of imide groups is 1. The van der Waals surface area contributed by atoms with Crippen LogP contribution in [0.1, 0.15) is 23.6 Å². The van der Waals surface area contributed by atoms with Crippen LogP contribution in [0.2, 0.25) is 0 Å². The zero-order valence-corrected chi connectivity index (χ0v) is 20.2. The Morgan fingerprint density at radius 2 is 1.86 bits per heavy atom. The molecule has 3 N–H and O–H groups in total. The summed E-state index contributed by atoms with van der Waals surface area (Å²) in [7, 11) is 0. The van der Waals surface area contributed by atoms with Crippen LogP contribution in [0.3, 0.4) is 0 Å². The van der Waals surface area contributed by atoms with Gasteiger partial charge in [0.05, 0.1) is 17.4 Å². The topological polar surface area (TPSA) is 98.7 Å². The zero-order valence-electron chi connectivity index (χ0n) is 19.4. The van der Waals surface area contributed by atoms with Crippen molar-refractivity contribution in [3.8, 4) is 0 Å². The van der Waals surface area contributed by atoms with E-state index in [9.17, 15) is 32.7 Å². The Morgan fingerprint density at radius 3 is 2.50 bits per heavy atom. The predicted molar refractivity (Wildman–Crippen MR) is 129 cm³/mol. The number of alkyl halides is 3. The molecule has 2 aliphatic heterocycles. The molecule has 0 aromatic heterocycles. The number of carbonyl (C=O) groups is 3. The molecule has 4 rings (SSSR count). The molecule has 2 aliphatic rings. The second kappa shape index (κ2) is 10.1. The molecule has 2 aromatic rings. The van der Waals surface area contributed by atoms with Gasteiger partial charge in [-0.05, 0) is 48.3 Å². The number of hydrogen-bond donors (Lipinski definition) is 3. The minimum Gasteiger partial charge on any atom is -0.480 e. The van der Waals surface area contributed by atoms with Gasteiger partial charge in [0, 0.05) is 24.8 Å². The summed E-state index contributed by atoms with van der Waals surface area (Å²) >= 11 is 1.38. The molecule has 2 saturated heterocycles. The van der Waals surface area contributed by atoms with Crippen molar-refractivity contribution in [3.63, 3.8) is 0 Å². The first-order chi connectivity index (χ1) is 17.1. The number of carboxylic acid groups (broad SMARTS) is 1. The van der Waals surface area contributed by atoms with Crippen LogP contribution in [-0.4, -0.2) is 58.4 Å². The third-order valence-electron chi connectivity index (χ3n) is 6.84. The molecule has 7 nitrogen and oxygen atoms in total. The van der Waals surface area contributed by atoms with Crippen LogP contribution >= 0.6 is 11.8 Å². The van der Waals surface area contributed by atoms with Gasteiger partial charge < -0.3 is 10.4 Å². The Kier molecular flexibility index (Phi) is 7.33. The third-order valence-corrected chi connectivity index (χ3v) is 7.45. The number of thioether (sulfide) groups is 1. The van der Waals surface area contributed by atoms with Crippen LogP contribution in [-0.2, 0) is 20.6 Å². The Hall–Kier alpha value is -3.05. The van der Waals surface area contributed by atoms with Crippen molar-refractivity contribution >= 4 is 35.2 Å². The van der Waals surface area contributed by atoms with Crippen molar-refractivity contribution in [1.82, 2.24) is 10.2 Å². The number of aliphatic carboxylic acids is 1. The second-order valence-electron chi connectivity index (χ2n) is 8.89. The Labute approximate surface area is 210 Å². The highest BCUT2D eigenvalue weighted by Gasteiger charge is 2.68. The summed E-state index contributed by atoms with van der Waals surface area (Å²) in [4.78, 5) is 40.7. The second-order valence-corrected chi connectivity index (χ2v) is 9.87. The summed E-state index contributed by atoms with van der Waals surface area (Å²) in [5.41, 5.74) is -1.77. The monoisotopic (exact) mass is 521 g/mol. The maximum atomic E-state index is 13.5. The van der Waals surface area contributed by atoms with E-state index in [1.165, 1.54) is 23.9 Å². The molecule has 0 radical (unpaired) electrons. The van der Waals surface area contributed by atoms with Crippen molar-refractivity contribution in [2.75, 3.05) is 30.4 Å². The molecular weight excluding hydrogens is 495 g/mol. The SMILES string of the molecule is CSCCC1(C(=O)O)NC(c2cccc(C(F)(F)F)c2)C2C(=O)N(CCNc3ccccc3)C(=O)C21. The van der Waals surface area contributed by atoms with Gasteiger partial charge in [-0.3, -0.25) is 24.6 Å². The molecule has 2 aromatic carbocycles. The van der Waals surface area contributed by atoms with E-state index in [-0.39, 0.29) is 25.1 Å². The van der Waals surface area contributed by atoms with Gasteiger partial charge in [0.2, 0.25) is 11.8 Å². The summed E-state index contributed by atoms with van der Waals surface area (Å²) < 4.78 is 40.2. The number of nitrogens with zero attached hydrogens (tertiary/aromatic N) is 1. The summed E-state index contributed by atoms with van der Waals surface area (Å²) in [5.74, 6) is -4.48. The van der Waals surface area contributed by atoms with Crippen molar-refractivity contribution in [1.29, 1.82) is 0 Å². The maximum absolute atomic E-state index is 13.5. The van der Waals surface area contributed by atoms with Gasteiger partial charge in [-0.2, -0.15) is 24.9 Å². The molecular formula is C25H26F3N3O4S. The highest BCUT2D eigenvalue weighted by Crippen LogP contribution is 2.50. The molecule has 192 valence electrons. The summed E-state index contributed by atoms with van der Waals surface area (Å²) in [6.07, 6.45) is -2.79. The Morgan fingerprint density at radius 1 is 1.14 bits per heavy atom. The normalized spacial score (nSPS) is 25.8. The number of carbonyl (C=O) groups excluding carboxylic acids is 2. The molecule has 0 aliphatic carbocycles. The maximum Gasteiger partial charge on any atom is 0.416 e. The smallest absolute Gasteiger partial charge is 0.416 e. The van der Waals surface area contributed by atoms with E-state index in [1.54, 1.807) is 6.26 Å². The molecule has 2 fully saturated rings. The number of hydrogen-bond acceptors (Lipinski definition) is 6. The number of likely N-dealkylation sites (tertiary alicyclic amines) is 1. The number of anilines is 1. The van der Waals surface area contributed by atoms with Gasteiger partial charge in [-0.25, -0.2) is 0 Å². The predicted octanol–water partition coefficient (Wildman–Crippen LogP) is 3.64. The van der Waals surface area contributed by atoms with Crippen LogP contribution in [0, 0.1) is 11.8 Å². The first-order valence-corrected chi connectivity index (χ1v) is 12.8. The number of fused-ring (bicyclic) bond motifs is 1. The van der Waals surface area contributed by atoms with Gasteiger partial charge in [-0.15, -0.1) is 0 Å². The van der Waals surface area contributed by atoms with E-state index in [4.69, 9.17) is 0 Å². The molecule has 4 unspecified atom stereocenters. The van der Waals surface area contributed by atoms with Crippen molar-refractivity contribution in [3.05, 3.63) is 65.7 Å². The molecule has 0 bridgehead atoms. The number of carboxylic acids is 1. The number of para-hydroxylation sites is 1. The van der Waals surface area contributed by atoms with Crippen LogP contribution in [0.5, 0.6) is 0 Å². The van der Waals surface area contributed by atoms with E-state index in [0.717, 1.165) is 22.7 Å². The fourth-order valence-electron chi connectivity index (χ4n) is 5.14. The fraction of sp³-hybridized carbons (Fsp3) is 0.400. The van der Waals surface area contributed by atoms with Gasteiger partial charge in [-0.1, -0.05) is 30.3 Å². The van der Waals surface area contributed by atoms with E-state index >= 15 is 0 Å². The Bertz CT molecular complexity index is 1150. The van der Waals surface area contributed by atoms with Crippen LogP contribution in [0.15, 0.2) is 54.6 Å². The summed E-state index contributed by atoms with van der Waals surface area (Å²) in [6, 6.07) is 12.6. The minimum absolute atomic E-state index is 0.00704. The number of benzene rings is 2. The van der Waals surface area contributed by atoms with Crippen molar-refractivity contribution in [2.24, 2.45) is 11.8 Å². The number of nitrogens with one attached hydrogen (secondary N) is 2. The Balaban J connectivity index is 1.68. The zero-order chi connectivity index (χ0) is 26.1. The van der Waals surface area contributed by atoms with Gasteiger partial charge >= 0.3 is 12.1 Å². The summed E-state index contributed by atoms with van der Waals surface area (Å²) in [6.45, 7) is 0.251. The molecule has 4 atom stereocenters. The number of halogens is 3. The van der Waals surface area contributed by atoms with Gasteiger partial charge in [0.1, 0.15) is 5.54 Å². The van der Waals surface area contributed by atoms with E-state index in [1.807, 2.05) is 30.3 Å². The molecule has 0 saturated carbocycles. The van der Waals surface area contributed by atoms with E-state index in [2.05, 4.69) is 10.6 Å². The average molecular weight is 522 g/mol. The first-order valence-electron chi connectivity index (χ1n) is 11.4. The van der Waals surface area contributed by atoms with Gasteiger partial charge in [0.15, 0.2) is 0 Å². The largest absolute Gasteiger partial charge is 0.480 e.